The van der Waals surface area contributed by atoms with Gasteiger partial charge in [-0.2, -0.15) is 9.97 Å². The molecule has 0 fully saturated rings. The molecule has 1 rings (SSSR count). The van der Waals surface area contributed by atoms with Crippen LogP contribution < -0.4 is 27.8 Å². The normalized spacial score (nSPS) is 9.88. The van der Waals surface area contributed by atoms with Gasteiger partial charge in [-0.3, -0.25) is 9.59 Å². The van der Waals surface area contributed by atoms with Crippen LogP contribution in [0.1, 0.15) is 0 Å². The lowest BCUT2D eigenvalue weighted by Crippen LogP contribution is -2.40. The number of aromatic nitrogens is 2. The van der Waals surface area contributed by atoms with Gasteiger partial charge >= 0.3 is 0 Å². The number of carbonyl (C=O) groups excluding carboxylic acids is 2. The average Bonchev–Trinajstić information content (AvgIpc) is 2.13. The number of anilines is 3. The summed E-state index contributed by atoms with van der Waals surface area (Å²) in [4.78, 5) is 30.5. The number of hydrogen-bond acceptors (Lipinski definition) is 7. The summed E-state index contributed by atoms with van der Waals surface area (Å²) in [7, 11) is 0. The van der Waals surface area contributed by atoms with Crippen LogP contribution in [0.4, 0.5) is 17.6 Å². The third-order valence-electron chi connectivity index (χ3n) is 1.77. The molecule has 0 unspecified atom stereocenters. The summed E-state index contributed by atoms with van der Waals surface area (Å²) in [5.41, 5.74) is 21.0. The molecule has 92 valence electrons. The summed E-state index contributed by atoms with van der Waals surface area (Å²) in [5, 5.41) is 0. The van der Waals surface area contributed by atoms with Crippen molar-refractivity contribution < 1.29 is 9.59 Å². The number of rotatable bonds is 5. The van der Waals surface area contributed by atoms with Crippen LogP contribution in [-0.2, 0) is 9.59 Å². The van der Waals surface area contributed by atoms with Crippen LogP contribution in [0.2, 0.25) is 0 Å². The van der Waals surface area contributed by atoms with E-state index in [-0.39, 0.29) is 30.7 Å². The molecule has 0 aliphatic rings. The third-order valence-corrected chi connectivity index (χ3v) is 1.77. The highest BCUT2D eigenvalue weighted by atomic mass is 16.2. The minimum Gasteiger partial charge on any atom is -0.383 e. The molecule has 1 heterocycles. The Morgan fingerprint density at radius 3 is 2.06 bits per heavy atom. The Balaban J connectivity index is 3.02. The first-order valence-corrected chi connectivity index (χ1v) is 4.60. The maximum Gasteiger partial charge on any atom is 0.237 e. The highest BCUT2D eigenvalue weighted by molar-refractivity contribution is 5.84. The molecule has 0 aliphatic heterocycles. The molecule has 0 spiro atoms. The number of carbonyl (C=O) groups is 2. The molecular formula is C8H13N7O2. The van der Waals surface area contributed by atoms with E-state index in [1.807, 2.05) is 0 Å². The van der Waals surface area contributed by atoms with Crippen LogP contribution in [0, 0.1) is 0 Å². The van der Waals surface area contributed by atoms with Crippen LogP contribution in [0.15, 0.2) is 6.07 Å². The summed E-state index contributed by atoms with van der Waals surface area (Å²) >= 11 is 0. The molecule has 1 aromatic rings. The van der Waals surface area contributed by atoms with E-state index in [1.165, 1.54) is 11.0 Å². The Bertz CT molecular complexity index is 411. The van der Waals surface area contributed by atoms with Gasteiger partial charge in [0.05, 0.1) is 13.1 Å². The molecule has 9 nitrogen and oxygen atoms in total. The number of nitrogens with zero attached hydrogens (tertiary/aromatic N) is 3. The number of amides is 2. The smallest absolute Gasteiger partial charge is 0.237 e. The topological polar surface area (TPSA) is 167 Å². The van der Waals surface area contributed by atoms with Gasteiger partial charge in [-0.1, -0.05) is 0 Å². The largest absolute Gasteiger partial charge is 0.383 e. The number of nitrogen functional groups attached to an aromatic ring is 2. The summed E-state index contributed by atoms with van der Waals surface area (Å²) in [6, 6.07) is 1.36. The van der Waals surface area contributed by atoms with E-state index in [0.717, 1.165) is 0 Å². The van der Waals surface area contributed by atoms with Gasteiger partial charge in [0.25, 0.3) is 0 Å². The number of nitrogens with two attached hydrogens (primary N) is 4. The summed E-state index contributed by atoms with van der Waals surface area (Å²) in [6.45, 7) is -0.447. The molecule has 0 aliphatic carbocycles. The minimum absolute atomic E-state index is 0.0704. The van der Waals surface area contributed by atoms with Crippen molar-refractivity contribution >= 4 is 29.4 Å². The monoisotopic (exact) mass is 239 g/mol. The predicted molar refractivity (Wildman–Crippen MR) is 61.5 cm³/mol. The molecular weight excluding hydrogens is 226 g/mol. The summed E-state index contributed by atoms with van der Waals surface area (Å²) in [6.07, 6.45) is 0. The first kappa shape index (κ1) is 12.5. The second-order valence-electron chi connectivity index (χ2n) is 3.30. The summed E-state index contributed by atoms with van der Waals surface area (Å²) < 4.78 is 0. The molecule has 0 saturated carbocycles. The van der Waals surface area contributed by atoms with E-state index in [4.69, 9.17) is 22.9 Å². The zero-order chi connectivity index (χ0) is 13.0. The first-order valence-electron chi connectivity index (χ1n) is 4.60. The molecule has 1 aromatic heterocycles. The lowest BCUT2D eigenvalue weighted by atomic mass is 10.4. The van der Waals surface area contributed by atoms with Crippen molar-refractivity contribution in [2.75, 3.05) is 29.5 Å². The van der Waals surface area contributed by atoms with E-state index < -0.39 is 11.8 Å². The maximum absolute atomic E-state index is 10.9. The van der Waals surface area contributed by atoms with Crippen molar-refractivity contribution in [2.45, 2.75) is 0 Å². The molecule has 17 heavy (non-hydrogen) atoms. The van der Waals surface area contributed by atoms with Gasteiger partial charge in [0, 0.05) is 6.07 Å². The van der Waals surface area contributed by atoms with E-state index >= 15 is 0 Å². The first-order chi connectivity index (χ1) is 7.88. The van der Waals surface area contributed by atoms with Gasteiger partial charge in [-0.25, -0.2) is 0 Å². The molecule has 0 atom stereocenters. The van der Waals surface area contributed by atoms with Gasteiger partial charge in [0.2, 0.25) is 17.8 Å². The van der Waals surface area contributed by atoms with Crippen LogP contribution >= 0.6 is 0 Å². The highest BCUT2D eigenvalue weighted by Gasteiger charge is 2.14. The third kappa shape index (κ3) is 3.81. The Morgan fingerprint density at radius 1 is 1.12 bits per heavy atom. The van der Waals surface area contributed by atoms with Crippen LogP contribution in [0.25, 0.3) is 0 Å². The maximum atomic E-state index is 10.9. The SMILES string of the molecule is NC(=O)CN(CC(N)=O)c1cc(N)nc(N)n1. The van der Waals surface area contributed by atoms with E-state index in [9.17, 15) is 9.59 Å². The standard InChI is InChI=1S/C8H13N7O2/c9-4-1-7(14-8(12)13-4)15(2-5(10)16)3-6(11)17/h1H,2-3H2,(H2,10,16)(H2,11,17)(H4,9,12,13,14). The Kier molecular flexibility index (Phi) is 3.65. The van der Waals surface area contributed by atoms with E-state index in [0.29, 0.717) is 0 Å². The fraction of sp³-hybridized carbons (Fsp3) is 0.250. The Labute approximate surface area is 96.8 Å². The fourth-order valence-electron chi connectivity index (χ4n) is 1.23. The molecule has 0 bridgehead atoms. The van der Waals surface area contributed by atoms with Crippen molar-refractivity contribution in [3.63, 3.8) is 0 Å². The average molecular weight is 239 g/mol. The lowest BCUT2D eigenvalue weighted by molar-refractivity contribution is -0.117. The van der Waals surface area contributed by atoms with E-state index in [1.54, 1.807) is 0 Å². The zero-order valence-electron chi connectivity index (χ0n) is 8.96. The van der Waals surface area contributed by atoms with Crippen molar-refractivity contribution in [3.8, 4) is 0 Å². The fourth-order valence-corrected chi connectivity index (χ4v) is 1.23. The van der Waals surface area contributed by atoms with Crippen LogP contribution in [-0.4, -0.2) is 34.9 Å². The molecule has 8 N–H and O–H groups in total. The van der Waals surface area contributed by atoms with Crippen LogP contribution in [0.3, 0.4) is 0 Å². The minimum atomic E-state index is -0.637. The second kappa shape index (κ2) is 4.96. The van der Waals surface area contributed by atoms with Gasteiger partial charge in [-0.05, 0) is 0 Å². The molecule has 2 amide bonds. The zero-order valence-corrected chi connectivity index (χ0v) is 8.96. The van der Waals surface area contributed by atoms with Crippen molar-refractivity contribution in [3.05, 3.63) is 6.07 Å². The van der Waals surface area contributed by atoms with E-state index in [2.05, 4.69) is 9.97 Å². The number of hydrogen-bond donors (Lipinski definition) is 4. The quantitative estimate of drug-likeness (QED) is 0.437. The van der Waals surface area contributed by atoms with Gasteiger partial charge in [0.1, 0.15) is 11.6 Å². The molecule has 0 radical (unpaired) electrons. The highest BCUT2D eigenvalue weighted by Crippen LogP contribution is 2.14. The van der Waals surface area contributed by atoms with Crippen LogP contribution in [0.5, 0.6) is 0 Å². The van der Waals surface area contributed by atoms with Crippen molar-refractivity contribution in [1.29, 1.82) is 0 Å². The van der Waals surface area contributed by atoms with Crippen molar-refractivity contribution in [2.24, 2.45) is 11.5 Å². The molecule has 0 aromatic carbocycles. The molecule has 9 heteroatoms. The second-order valence-corrected chi connectivity index (χ2v) is 3.30. The number of primary amides is 2. The molecule has 0 saturated heterocycles. The lowest BCUT2D eigenvalue weighted by Gasteiger charge is -2.20. The van der Waals surface area contributed by atoms with Gasteiger partial charge in [0.15, 0.2) is 0 Å². The van der Waals surface area contributed by atoms with Gasteiger partial charge in [-0.15, -0.1) is 0 Å². The Morgan fingerprint density at radius 2 is 1.65 bits per heavy atom. The predicted octanol–water partition coefficient (Wildman–Crippen LogP) is -2.58. The van der Waals surface area contributed by atoms with Crippen molar-refractivity contribution in [1.82, 2.24) is 9.97 Å². The Hall–Kier alpha value is -2.58. The van der Waals surface area contributed by atoms with Gasteiger partial charge < -0.3 is 27.8 Å². The summed E-state index contributed by atoms with van der Waals surface area (Å²) in [5.74, 6) is -1.01.